The predicted molar refractivity (Wildman–Crippen MR) is 95.0 cm³/mol. The van der Waals surface area contributed by atoms with Crippen LogP contribution >= 0.6 is 11.3 Å². The van der Waals surface area contributed by atoms with Crippen molar-refractivity contribution < 1.29 is 13.9 Å². The second kappa shape index (κ2) is 6.85. The van der Waals surface area contributed by atoms with Crippen molar-refractivity contribution in [2.75, 3.05) is 11.9 Å². The van der Waals surface area contributed by atoms with Gasteiger partial charge in [0.25, 0.3) is 5.91 Å². The molecule has 0 bridgehead atoms. The van der Waals surface area contributed by atoms with Crippen molar-refractivity contribution in [3.63, 3.8) is 0 Å². The van der Waals surface area contributed by atoms with Gasteiger partial charge in [0.2, 0.25) is 5.95 Å². The fourth-order valence-electron chi connectivity index (χ4n) is 2.87. The molecule has 2 aromatic heterocycles. The molecule has 0 spiro atoms. The van der Waals surface area contributed by atoms with Gasteiger partial charge in [-0.05, 0) is 36.3 Å². The minimum atomic E-state index is -0.505. The number of benzene rings is 1. The van der Waals surface area contributed by atoms with Gasteiger partial charge in [-0.25, -0.2) is 9.97 Å². The molecule has 4 rings (SSSR count). The molecule has 1 fully saturated rings. The van der Waals surface area contributed by atoms with Crippen molar-refractivity contribution >= 4 is 33.1 Å². The molecule has 128 valence electrons. The highest BCUT2D eigenvalue weighted by Gasteiger charge is 2.22. The summed E-state index contributed by atoms with van der Waals surface area (Å²) in [6.07, 6.45) is 5.58. The molecule has 0 aliphatic carbocycles. The lowest BCUT2D eigenvalue weighted by Gasteiger charge is -2.20. The number of carbonyl (C=O) groups is 1. The van der Waals surface area contributed by atoms with E-state index >= 15 is 0 Å². The molecule has 0 radical (unpaired) electrons. The molecule has 0 saturated carbocycles. The molecule has 1 amide bonds. The minimum absolute atomic E-state index is 0.146. The van der Waals surface area contributed by atoms with Crippen LogP contribution in [0, 0.1) is 5.95 Å². The quantitative estimate of drug-likeness (QED) is 0.720. The number of hydrogen-bond acceptors (Lipinski definition) is 5. The summed E-state index contributed by atoms with van der Waals surface area (Å²) in [6.45, 7) is 0.629. The van der Waals surface area contributed by atoms with Crippen LogP contribution in [0.5, 0.6) is 0 Å². The van der Waals surface area contributed by atoms with E-state index in [2.05, 4.69) is 15.3 Å². The van der Waals surface area contributed by atoms with Crippen molar-refractivity contribution in [2.24, 2.45) is 0 Å². The number of ether oxygens (including phenoxy) is 1. The van der Waals surface area contributed by atoms with Crippen LogP contribution in [-0.2, 0) is 9.53 Å². The number of aromatic nitrogens is 2. The number of thiazole rings is 1. The number of fused-ring (bicyclic) bond motifs is 1. The van der Waals surface area contributed by atoms with Gasteiger partial charge in [0.05, 0.1) is 4.88 Å². The third-order valence-electron chi connectivity index (χ3n) is 4.18. The van der Waals surface area contributed by atoms with E-state index in [0.29, 0.717) is 11.7 Å². The second-order valence-corrected chi connectivity index (χ2v) is 6.97. The number of pyridine rings is 1. The zero-order chi connectivity index (χ0) is 17.2. The summed E-state index contributed by atoms with van der Waals surface area (Å²) in [6, 6.07) is 7.13. The lowest BCUT2D eigenvalue weighted by molar-refractivity contribution is -0.129. The number of anilines is 1. The zero-order valence-corrected chi connectivity index (χ0v) is 14.2. The van der Waals surface area contributed by atoms with E-state index in [9.17, 15) is 9.18 Å². The average molecular weight is 357 g/mol. The van der Waals surface area contributed by atoms with E-state index in [1.807, 2.05) is 18.2 Å². The Morgan fingerprint density at radius 3 is 2.96 bits per heavy atom. The fraction of sp³-hybridized carbons (Fsp3) is 0.278. The summed E-state index contributed by atoms with van der Waals surface area (Å²) in [5.74, 6) is -0.651. The average Bonchev–Trinajstić information content (AvgIpc) is 3.10. The monoisotopic (exact) mass is 357 g/mol. The maximum absolute atomic E-state index is 13.3. The van der Waals surface area contributed by atoms with Crippen molar-refractivity contribution in [3.8, 4) is 10.4 Å². The van der Waals surface area contributed by atoms with E-state index in [0.717, 1.165) is 40.5 Å². The van der Waals surface area contributed by atoms with Gasteiger partial charge in [0.1, 0.15) is 6.10 Å². The Kier molecular flexibility index (Phi) is 4.42. The van der Waals surface area contributed by atoms with Crippen molar-refractivity contribution in [1.82, 2.24) is 9.97 Å². The van der Waals surface area contributed by atoms with Gasteiger partial charge in [-0.15, -0.1) is 0 Å². The molecule has 1 atom stereocenters. The van der Waals surface area contributed by atoms with E-state index in [1.165, 1.54) is 23.6 Å². The first-order chi connectivity index (χ1) is 12.2. The van der Waals surface area contributed by atoms with Gasteiger partial charge in [0.15, 0.2) is 5.13 Å². The summed E-state index contributed by atoms with van der Waals surface area (Å²) in [5.41, 5.74) is 0.921. The molecule has 1 aliphatic rings. The molecule has 0 unspecified atom stereocenters. The zero-order valence-electron chi connectivity index (χ0n) is 13.4. The highest BCUT2D eigenvalue weighted by atomic mass is 32.1. The Bertz CT molecular complexity index is 922. The summed E-state index contributed by atoms with van der Waals surface area (Å²) in [4.78, 5) is 21.0. The molecular weight excluding hydrogens is 341 g/mol. The Balaban J connectivity index is 1.53. The van der Waals surface area contributed by atoms with Gasteiger partial charge in [-0.1, -0.05) is 23.5 Å². The van der Waals surface area contributed by atoms with Crippen molar-refractivity contribution in [1.29, 1.82) is 0 Å². The van der Waals surface area contributed by atoms with E-state index in [4.69, 9.17) is 4.74 Å². The van der Waals surface area contributed by atoms with Crippen LogP contribution in [-0.4, -0.2) is 28.6 Å². The summed E-state index contributed by atoms with van der Waals surface area (Å²) in [7, 11) is 0. The maximum atomic E-state index is 13.3. The topological polar surface area (TPSA) is 64.1 Å². The van der Waals surface area contributed by atoms with Crippen LogP contribution in [0.1, 0.15) is 19.3 Å². The van der Waals surface area contributed by atoms with Crippen LogP contribution in [0.4, 0.5) is 9.52 Å². The van der Waals surface area contributed by atoms with Crippen molar-refractivity contribution in [3.05, 3.63) is 42.6 Å². The highest BCUT2D eigenvalue weighted by Crippen LogP contribution is 2.31. The number of hydrogen-bond donors (Lipinski definition) is 1. The van der Waals surface area contributed by atoms with E-state index < -0.39 is 12.1 Å². The van der Waals surface area contributed by atoms with E-state index in [-0.39, 0.29) is 5.91 Å². The van der Waals surface area contributed by atoms with Crippen LogP contribution in [0.15, 0.2) is 36.7 Å². The largest absolute Gasteiger partial charge is 0.368 e. The Morgan fingerprint density at radius 2 is 2.12 bits per heavy atom. The molecule has 1 aliphatic heterocycles. The first-order valence-electron chi connectivity index (χ1n) is 8.13. The smallest absolute Gasteiger partial charge is 0.255 e. The standard InChI is InChI=1S/C18H16FN3O2S/c19-16-8-13-7-11(4-5-12(13)9-20-16)15-10-21-18(25-15)22-17(23)14-3-1-2-6-24-14/h4-5,7-10,14H,1-3,6H2,(H,21,22,23)/t14-/m0/s1. The Hall–Kier alpha value is -2.38. The number of amides is 1. The third kappa shape index (κ3) is 3.52. The molecular formula is C18H16FN3O2S. The molecule has 7 heteroatoms. The second-order valence-electron chi connectivity index (χ2n) is 5.94. The summed E-state index contributed by atoms with van der Waals surface area (Å²) < 4.78 is 18.8. The highest BCUT2D eigenvalue weighted by molar-refractivity contribution is 7.19. The lowest BCUT2D eigenvalue weighted by Crippen LogP contribution is -2.33. The number of rotatable bonds is 3. The van der Waals surface area contributed by atoms with Crippen LogP contribution < -0.4 is 5.32 Å². The molecule has 5 nitrogen and oxygen atoms in total. The SMILES string of the molecule is O=C(Nc1ncc(-c2ccc3cnc(F)cc3c2)s1)[C@@H]1CCCCO1. The van der Waals surface area contributed by atoms with Crippen molar-refractivity contribution in [2.45, 2.75) is 25.4 Å². The first kappa shape index (κ1) is 16.1. The summed E-state index contributed by atoms with van der Waals surface area (Å²) >= 11 is 1.38. The molecule has 3 heterocycles. The van der Waals surface area contributed by atoms with Gasteiger partial charge in [-0.2, -0.15) is 4.39 Å². The van der Waals surface area contributed by atoms with Gasteiger partial charge >= 0.3 is 0 Å². The first-order valence-corrected chi connectivity index (χ1v) is 8.95. The molecule has 1 aromatic carbocycles. The third-order valence-corrected chi connectivity index (χ3v) is 5.14. The van der Waals surface area contributed by atoms with Gasteiger partial charge in [0, 0.05) is 30.5 Å². The van der Waals surface area contributed by atoms with Crippen LogP contribution in [0.3, 0.4) is 0 Å². The predicted octanol–water partition coefficient (Wildman–Crippen LogP) is 4.01. The van der Waals surface area contributed by atoms with Gasteiger partial charge < -0.3 is 4.74 Å². The molecule has 25 heavy (non-hydrogen) atoms. The molecule has 1 saturated heterocycles. The van der Waals surface area contributed by atoms with E-state index in [1.54, 1.807) is 6.20 Å². The molecule has 1 N–H and O–H groups in total. The van der Waals surface area contributed by atoms with Crippen LogP contribution in [0.2, 0.25) is 0 Å². The molecule has 3 aromatic rings. The van der Waals surface area contributed by atoms with Crippen LogP contribution in [0.25, 0.3) is 21.2 Å². The van der Waals surface area contributed by atoms with Gasteiger partial charge in [-0.3, -0.25) is 10.1 Å². The maximum Gasteiger partial charge on any atom is 0.255 e. The number of nitrogens with one attached hydrogen (secondary N) is 1. The number of nitrogens with zero attached hydrogens (tertiary/aromatic N) is 2. The lowest BCUT2D eigenvalue weighted by atomic mass is 10.1. The fourth-order valence-corrected chi connectivity index (χ4v) is 3.68. The number of halogens is 1. The normalized spacial score (nSPS) is 17.6. The Labute approximate surface area is 147 Å². The Morgan fingerprint density at radius 1 is 1.20 bits per heavy atom. The minimum Gasteiger partial charge on any atom is -0.368 e. The number of carbonyl (C=O) groups excluding carboxylic acids is 1. The summed E-state index contributed by atoms with van der Waals surface area (Å²) in [5, 5.41) is 5.01.